The summed E-state index contributed by atoms with van der Waals surface area (Å²) in [7, 11) is 3.75. The molecule has 0 unspecified atom stereocenters. The van der Waals surface area contributed by atoms with Gasteiger partial charge in [-0.15, -0.1) is 0 Å². The fraction of sp³-hybridized carbons (Fsp3) is 0.471. The molecule has 1 aromatic heterocycles. The summed E-state index contributed by atoms with van der Waals surface area (Å²) in [6.07, 6.45) is 4.25. The fourth-order valence-electron chi connectivity index (χ4n) is 5.88. The van der Waals surface area contributed by atoms with E-state index < -0.39 is 11.7 Å². The van der Waals surface area contributed by atoms with Crippen LogP contribution in [0.4, 0.5) is 15.9 Å². The summed E-state index contributed by atoms with van der Waals surface area (Å²) in [5, 5.41) is 10.1. The van der Waals surface area contributed by atoms with E-state index in [1.54, 1.807) is 7.11 Å². The molecule has 2 saturated heterocycles. The molecule has 0 saturated carbocycles. The van der Waals surface area contributed by atoms with Crippen LogP contribution in [0.1, 0.15) is 43.0 Å². The second-order valence-corrected chi connectivity index (χ2v) is 11.3. The first-order chi connectivity index (χ1) is 21.3. The van der Waals surface area contributed by atoms with Crippen LogP contribution in [0.25, 0.3) is 10.8 Å². The van der Waals surface area contributed by atoms with E-state index in [9.17, 15) is 9.18 Å². The minimum absolute atomic E-state index is 0.334. The number of piperazine rings is 1. The van der Waals surface area contributed by atoms with Gasteiger partial charge in [-0.05, 0) is 63.3 Å². The van der Waals surface area contributed by atoms with Crippen molar-refractivity contribution in [2.45, 2.75) is 46.1 Å². The van der Waals surface area contributed by atoms with E-state index in [2.05, 4.69) is 76.6 Å². The van der Waals surface area contributed by atoms with Gasteiger partial charge in [-0.2, -0.15) is 15.2 Å². The standard InChI is InChI=1S/C26H28FN5O2.C5H11N.C3H5N/c1-17-6-4-7-19-8-5-9-22(23(17)19)32-11-10-20-21(16-32)28-26(34-3)29-24(20)30-12-14-31(15-13-30)25(33)18(2)27;1-6-4-2-3-5-6;1-2-3-4/h4-9H,2,10-16H2,1,3H3;2-5H2,1H3;2H2,1H3. The van der Waals surface area contributed by atoms with Gasteiger partial charge in [-0.1, -0.05) is 43.8 Å². The van der Waals surface area contributed by atoms with Gasteiger partial charge in [0, 0.05) is 55.8 Å². The Balaban J connectivity index is 0.000000379. The number of methoxy groups -OCH3 is 1. The van der Waals surface area contributed by atoms with E-state index in [1.165, 1.54) is 52.9 Å². The molecule has 3 aromatic rings. The van der Waals surface area contributed by atoms with Crippen molar-refractivity contribution in [3.8, 4) is 12.1 Å². The second kappa shape index (κ2) is 15.5. The Morgan fingerprint density at radius 3 is 2.25 bits per heavy atom. The molecule has 0 bridgehead atoms. The quantitative estimate of drug-likeness (QED) is 0.374. The highest BCUT2D eigenvalue weighted by Gasteiger charge is 2.29. The highest BCUT2D eigenvalue weighted by molar-refractivity contribution is 5.97. The molecule has 0 N–H and O–H groups in total. The molecule has 0 radical (unpaired) electrons. The molecule has 10 heteroatoms. The summed E-state index contributed by atoms with van der Waals surface area (Å²) in [6, 6.07) is 15.1. The lowest BCUT2D eigenvalue weighted by atomic mass is 9.99. The van der Waals surface area contributed by atoms with Crippen molar-refractivity contribution >= 4 is 28.2 Å². The lowest BCUT2D eigenvalue weighted by Crippen LogP contribution is -2.49. The van der Waals surface area contributed by atoms with Crippen molar-refractivity contribution in [1.82, 2.24) is 19.8 Å². The number of nitriles is 1. The molecule has 0 aliphatic carbocycles. The number of amides is 1. The lowest BCUT2D eigenvalue weighted by Gasteiger charge is -2.38. The van der Waals surface area contributed by atoms with Crippen LogP contribution in [0, 0.1) is 18.3 Å². The van der Waals surface area contributed by atoms with E-state index in [1.807, 2.05) is 13.0 Å². The van der Waals surface area contributed by atoms with Gasteiger partial charge in [0.25, 0.3) is 5.91 Å². The number of hydrogen-bond acceptors (Lipinski definition) is 8. The van der Waals surface area contributed by atoms with Crippen molar-refractivity contribution < 1.29 is 13.9 Å². The summed E-state index contributed by atoms with van der Waals surface area (Å²) in [5.41, 5.74) is 4.53. The number of carbonyl (C=O) groups is 1. The highest BCUT2D eigenvalue weighted by Crippen LogP contribution is 2.35. The smallest absolute Gasteiger partial charge is 0.318 e. The predicted octanol–water partition coefficient (Wildman–Crippen LogP) is 5.27. The Hall–Kier alpha value is -4.23. The van der Waals surface area contributed by atoms with Gasteiger partial charge in [-0.3, -0.25) is 4.79 Å². The van der Waals surface area contributed by atoms with Gasteiger partial charge in [0.2, 0.25) is 0 Å². The fourth-order valence-corrected chi connectivity index (χ4v) is 5.88. The number of halogens is 1. The Kier molecular flexibility index (Phi) is 11.5. The summed E-state index contributed by atoms with van der Waals surface area (Å²) in [6.45, 7) is 13.2. The van der Waals surface area contributed by atoms with Gasteiger partial charge in [0.15, 0.2) is 5.83 Å². The molecular formula is C34H44FN7O2. The third-order valence-electron chi connectivity index (χ3n) is 8.22. The monoisotopic (exact) mass is 601 g/mol. The maximum Gasteiger partial charge on any atom is 0.318 e. The van der Waals surface area contributed by atoms with Gasteiger partial charge in [0.1, 0.15) is 5.82 Å². The van der Waals surface area contributed by atoms with Crippen molar-refractivity contribution in [2.24, 2.45) is 0 Å². The van der Waals surface area contributed by atoms with Crippen LogP contribution in [0.2, 0.25) is 0 Å². The van der Waals surface area contributed by atoms with E-state index in [0.717, 1.165) is 30.0 Å². The van der Waals surface area contributed by atoms with Crippen LogP contribution in [0.3, 0.4) is 0 Å². The number of benzene rings is 2. The van der Waals surface area contributed by atoms with Crippen LogP contribution in [0.15, 0.2) is 48.8 Å². The Morgan fingerprint density at radius 2 is 1.68 bits per heavy atom. The number of aryl methyl sites for hydroxylation is 1. The maximum atomic E-state index is 13.3. The highest BCUT2D eigenvalue weighted by atomic mass is 19.1. The minimum Gasteiger partial charge on any atom is -0.467 e. The number of rotatable bonds is 4. The Morgan fingerprint density at radius 1 is 1.02 bits per heavy atom. The zero-order valence-electron chi connectivity index (χ0n) is 26.5. The van der Waals surface area contributed by atoms with Crippen LogP contribution >= 0.6 is 0 Å². The number of ether oxygens (including phenoxy) is 1. The molecule has 44 heavy (non-hydrogen) atoms. The molecule has 234 valence electrons. The molecule has 3 aliphatic heterocycles. The first kappa shape index (κ1) is 32.7. The molecule has 4 heterocycles. The summed E-state index contributed by atoms with van der Waals surface area (Å²) in [4.78, 5) is 29.7. The average Bonchev–Trinajstić information content (AvgIpc) is 3.54. The molecule has 1 amide bonds. The van der Waals surface area contributed by atoms with Gasteiger partial charge >= 0.3 is 6.01 Å². The van der Waals surface area contributed by atoms with Crippen molar-refractivity contribution in [2.75, 3.05) is 69.8 Å². The summed E-state index contributed by atoms with van der Waals surface area (Å²) >= 11 is 0. The average molecular weight is 602 g/mol. The molecule has 0 atom stereocenters. The van der Waals surface area contributed by atoms with E-state index in [-0.39, 0.29) is 0 Å². The number of carbonyl (C=O) groups excluding carboxylic acids is 1. The van der Waals surface area contributed by atoms with Crippen LogP contribution in [-0.4, -0.2) is 85.6 Å². The van der Waals surface area contributed by atoms with E-state index in [4.69, 9.17) is 15.0 Å². The van der Waals surface area contributed by atoms with Gasteiger partial charge < -0.3 is 24.3 Å². The lowest BCUT2D eigenvalue weighted by molar-refractivity contribution is -0.128. The molecule has 0 spiro atoms. The number of hydrogen-bond donors (Lipinski definition) is 0. The molecule has 2 aromatic carbocycles. The Labute approximate surface area is 260 Å². The second-order valence-electron chi connectivity index (χ2n) is 11.3. The zero-order chi connectivity index (χ0) is 31.6. The number of likely N-dealkylation sites (tertiary alicyclic amines) is 1. The number of nitrogens with zero attached hydrogens (tertiary/aromatic N) is 7. The van der Waals surface area contributed by atoms with Crippen molar-refractivity contribution in [3.63, 3.8) is 0 Å². The molecule has 6 rings (SSSR count). The first-order valence-electron chi connectivity index (χ1n) is 15.4. The van der Waals surface area contributed by atoms with Crippen LogP contribution in [0.5, 0.6) is 6.01 Å². The van der Waals surface area contributed by atoms with Crippen molar-refractivity contribution in [1.29, 1.82) is 5.26 Å². The number of aromatic nitrogens is 2. The molecule has 2 fully saturated rings. The SMILES string of the molecule is C=C(F)C(=O)N1CCN(c2nc(OC)nc3c2CCN(c2cccc4cccc(C)c24)C3)CC1.CCC#N.CN1CCCC1. The van der Waals surface area contributed by atoms with Crippen molar-refractivity contribution in [3.05, 3.63) is 65.6 Å². The molecular weight excluding hydrogens is 557 g/mol. The Bertz CT molecular complexity index is 1490. The predicted molar refractivity (Wildman–Crippen MR) is 174 cm³/mol. The zero-order valence-corrected chi connectivity index (χ0v) is 26.5. The third-order valence-corrected chi connectivity index (χ3v) is 8.22. The first-order valence-corrected chi connectivity index (χ1v) is 15.4. The molecule has 9 nitrogen and oxygen atoms in total. The van der Waals surface area contributed by atoms with E-state index in [0.29, 0.717) is 45.2 Å². The topological polar surface area (TPSA) is 88.8 Å². The van der Waals surface area contributed by atoms with Crippen LogP contribution in [-0.2, 0) is 17.8 Å². The van der Waals surface area contributed by atoms with Gasteiger partial charge in [-0.25, -0.2) is 4.39 Å². The van der Waals surface area contributed by atoms with Gasteiger partial charge in [0.05, 0.1) is 25.4 Å². The van der Waals surface area contributed by atoms with E-state index >= 15 is 0 Å². The third kappa shape index (κ3) is 7.83. The maximum absolute atomic E-state index is 13.3. The van der Waals surface area contributed by atoms with Crippen LogP contribution < -0.4 is 14.5 Å². The normalized spacial score (nSPS) is 16.2. The summed E-state index contributed by atoms with van der Waals surface area (Å²) in [5.74, 6) is -0.706. The summed E-state index contributed by atoms with van der Waals surface area (Å²) < 4.78 is 18.7. The molecule has 3 aliphatic rings. The minimum atomic E-state index is -0.918. The number of fused-ring (bicyclic) bond motifs is 2. The number of anilines is 2. The largest absolute Gasteiger partial charge is 0.467 e.